The highest BCUT2D eigenvalue weighted by atomic mass is 16.5. The van der Waals surface area contributed by atoms with Crippen LogP contribution in [-0.4, -0.2) is 9.97 Å². The van der Waals surface area contributed by atoms with Gasteiger partial charge in [-0.2, -0.15) is 0 Å². The molecule has 136 valence electrons. The fraction of sp³-hybridized carbons (Fsp3) is 0.524. The van der Waals surface area contributed by atoms with Crippen LogP contribution in [0.25, 0.3) is 0 Å². The molecule has 0 bridgehead atoms. The van der Waals surface area contributed by atoms with E-state index in [4.69, 9.17) is 10.5 Å². The molecule has 1 aromatic heterocycles. The van der Waals surface area contributed by atoms with Crippen LogP contribution in [0, 0.1) is 17.8 Å². The number of nitrogens with zero attached hydrogens (tertiary/aromatic N) is 2. The maximum absolute atomic E-state index is 6.10. The van der Waals surface area contributed by atoms with Gasteiger partial charge in [-0.05, 0) is 36.2 Å². The summed E-state index contributed by atoms with van der Waals surface area (Å²) in [5.74, 6) is 1.08. The van der Waals surface area contributed by atoms with E-state index in [1.54, 1.807) is 0 Å². The van der Waals surface area contributed by atoms with Crippen LogP contribution in [-0.2, 0) is 13.0 Å². The third-order valence-corrected chi connectivity index (χ3v) is 4.00. The lowest BCUT2D eigenvalue weighted by Crippen LogP contribution is -2.24. The van der Waals surface area contributed by atoms with Crippen molar-refractivity contribution in [2.75, 3.05) is 5.73 Å². The Morgan fingerprint density at radius 3 is 2.24 bits per heavy atom. The van der Waals surface area contributed by atoms with E-state index in [1.807, 2.05) is 25.1 Å². The van der Waals surface area contributed by atoms with Crippen molar-refractivity contribution in [3.05, 3.63) is 47.3 Å². The average Bonchev–Trinajstić information content (AvgIpc) is 2.44. The number of aromatic nitrogens is 2. The molecule has 0 radical (unpaired) electrons. The molecule has 2 N–H and O–H groups in total. The summed E-state index contributed by atoms with van der Waals surface area (Å²) < 4.78 is 6.10. The van der Waals surface area contributed by atoms with Crippen molar-refractivity contribution >= 4 is 5.95 Å². The number of nitrogen functional groups attached to an aromatic ring is 1. The number of nitrogens with two attached hydrogens (primary N) is 1. The molecule has 4 nitrogen and oxygen atoms in total. The highest BCUT2D eigenvalue weighted by Crippen LogP contribution is 2.38. The Balaban J connectivity index is 2.24. The van der Waals surface area contributed by atoms with Crippen LogP contribution >= 0.6 is 0 Å². The lowest BCUT2D eigenvalue weighted by atomic mass is 9.74. The van der Waals surface area contributed by atoms with Crippen molar-refractivity contribution in [2.45, 2.75) is 61.0 Å². The van der Waals surface area contributed by atoms with E-state index in [1.165, 1.54) is 0 Å². The first-order valence-electron chi connectivity index (χ1n) is 8.85. The van der Waals surface area contributed by atoms with Gasteiger partial charge in [-0.25, -0.2) is 9.97 Å². The second-order valence-electron chi connectivity index (χ2n) is 8.80. The summed E-state index contributed by atoms with van der Waals surface area (Å²) in [5.41, 5.74) is 9.07. The Morgan fingerprint density at radius 2 is 1.64 bits per heavy atom. The Hall–Kier alpha value is -2.10. The van der Waals surface area contributed by atoms with Gasteiger partial charge in [0.05, 0.1) is 11.4 Å². The largest absolute Gasteiger partial charge is 0.485 e. The fourth-order valence-corrected chi connectivity index (χ4v) is 3.63. The van der Waals surface area contributed by atoms with E-state index < -0.39 is 0 Å². The molecule has 0 spiro atoms. The molecule has 0 amide bonds. The minimum Gasteiger partial charge on any atom is -0.485 e. The van der Waals surface area contributed by atoms with Crippen molar-refractivity contribution in [1.29, 1.82) is 0 Å². The Labute approximate surface area is 151 Å². The second-order valence-corrected chi connectivity index (χ2v) is 8.80. The van der Waals surface area contributed by atoms with Gasteiger partial charge in [-0.3, -0.25) is 0 Å². The first-order valence-corrected chi connectivity index (χ1v) is 8.85. The summed E-state index contributed by atoms with van der Waals surface area (Å²) in [6, 6.07) is 10.1. The molecular weight excluding hydrogens is 310 g/mol. The highest BCUT2D eigenvalue weighted by molar-refractivity contribution is 5.38. The molecule has 0 saturated carbocycles. The molecule has 0 saturated heterocycles. The monoisotopic (exact) mass is 341 g/mol. The van der Waals surface area contributed by atoms with Gasteiger partial charge < -0.3 is 10.5 Å². The molecule has 0 fully saturated rings. The van der Waals surface area contributed by atoms with Crippen LogP contribution in [0.5, 0.6) is 5.75 Å². The molecule has 2 aromatic rings. The van der Waals surface area contributed by atoms with E-state index in [0.717, 1.165) is 35.5 Å². The van der Waals surface area contributed by atoms with Gasteiger partial charge in [-0.15, -0.1) is 0 Å². The number of anilines is 1. The molecule has 25 heavy (non-hydrogen) atoms. The third kappa shape index (κ3) is 6.04. The highest BCUT2D eigenvalue weighted by Gasteiger charge is 2.28. The minimum atomic E-state index is 0.0936. The Kier molecular flexibility index (Phi) is 5.71. The maximum Gasteiger partial charge on any atom is 0.220 e. The topological polar surface area (TPSA) is 61.0 Å². The predicted octanol–water partition coefficient (Wildman–Crippen LogP) is 4.95. The van der Waals surface area contributed by atoms with Crippen molar-refractivity contribution in [1.82, 2.24) is 9.97 Å². The van der Waals surface area contributed by atoms with E-state index in [9.17, 15) is 0 Å². The van der Waals surface area contributed by atoms with Gasteiger partial charge in [0, 0.05) is 0 Å². The van der Waals surface area contributed by atoms with E-state index in [0.29, 0.717) is 12.6 Å². The van der Waals surface area contributed by atoms with Crippen LogP contribution in [0.4, 0.5) is 5.95 Å². The van der Waals surface area contributed by atoms with Crippen LogP contribution in [0.1, 0.15) is 58.0 Å². The smallest absolute Gasteiger partial charge is 0.220 e. The van der Waals surface area contributed by atoms with Gasteiger partial charge in [0.2, 0.25) is 5.95 Å². The summed E-state index contributed by atoms with van der Waals surface area (Å²) in [7, 11) is 0. The van der Waals surface area contributed by atoms with Crippen molar-refractivity contribution in [3.63, 3.8) is 0 Å². The predicted molar refractivity (Wildman–Crippen MR) is 104 cm³/mol. The molecule has 0 atom stereocenters. The molecule has 2 rings (SSSR count). The van der Waals surface area contributed by atoms with Gasteiger partial charge >= 0.3 is 0 Å². The zero-order chi connectivity index (χ0) is 18.7. The van der Waals surface area contributed by atoms with Crippen LogP contribution < -0.4 is 10.5 Å². The quantitative estimate of drug-likeness (QED) is 0.807. The van der Waals surface area contributed by atoms with Gasteiger partial charge in [0.15, 0.2) is 5.75 Å². The van der Waals surface area contributed by atoms with E-state index >= 15 is 0 Å². The van der Waals surface area contributed by atoms with Crippen molar-refractivity contribution in [2.24, 2.45) is 10.8 Å². The number of benzene rings is 1. The lowest BCUT2D eigenvalue weighted by Gasteiger charge is -2.32. The van der Waals surface area contributed by atoms with E-state index in [-0.39, 0.29) is 10.8 Å². The zero-order valence-corrected chi connectivity index (χ0v) is 16.4. The van der Waals surface area contributed by atoms with Gasteiger partial charge in [0.1, 0.15) is 6.61 Å². The molecule has 1 heterocycles. The van der Waals surface area contributed by atoms with Crippen molar-refractivity contribution < 1.29 is 4.74 Å². The molecule has 0 unspecified atom stereocenters. The summed E-state index contributed by atoms with van der Waals surface area (Å²) in [6.07, 6.45) is 1.89. The number of aryl methyl sites for hydroxylation is 1. The number of ether oxygens (including phenoxy) is 1. The van der Waals surface area contributed by atoms with Crippen LogP contribution in [0.2, 0.25) is 0 Å². The molecule has 0 aliphatic carbocycles. The Morgan fingerprint density at radius 1 is 1.00 bits per heavy atom. The maximum atomic E-state index is 6.10. The lowest BCUT2D eigenvalue weighted by molar-refractivity contribution is 0.206. The van der Waals surface area contributed by atoms with Crippen LogP contribution in [0.3, 0.4) is 0 Å². The number of hydrogen-bond donors (Lipinski definition) is 1. The normalized spacial score (nSPS) is 12.2. The standard InChI is InChI=1S/C21H31N3O/c1-15-18(25-13-16-10-8-7-9-11-16)17(24-19(22)23-15)12-21(5,6)14-20(2,3)4/h7-11H,12-14H2,1-6H3,(H2,22,23,24). The summed E-state index contributed by atoms with van der Waals surface area (Å²) >= 11 is 0. The van der Waals surface area contributed by atoms with E-state index in [2.05, 4.69) is 56.7 Å². The molecule has 0 aliphatic rings. The van der Waals surface area contributed by atoms with Gasteiger partial charge in [-0.1, -0.05) is 65.0 Å². The Bertz CT molecular complexity index is 703. The molecule has 1 aromatic carbocycles. The molecule has 4 heteroatoms. The average molecular weight is 341 g/mol. The first-order chi connectivity index (χ1) is 11.6. The number of hydrogen-bond acceptors (Lipinski definition) is 4. The van der Waals surface area contributed by atoms with Crippen molar-refractivity contribution in [3.8, 4) is 5.75 Å². The third-order valence-electron chi connectivity index (χ3n) is 4.00. The first kappa shape index (κ1) is 19.2. The molecule has 0 aliphatic heterocycles. The zero-order valence-electron chi connectivity index (χ0n) is 16.4. The fourth-order valence-electron chi connectivity index (χ4n) is 3.63. The van der Waals surface area contributed by atoms with Crippen LogP contribution in [0.15, 0.2) is 30.3 Å². The summed E-state index contributed by atoms with van der Waals surface area (Å²) in [4.78, 5) is 8.80. The minimum absolute atomic E-state index is 0.0936. The number of rotatable bonds is 6. The second kappa shape index (κ2) is 7.42. The molecular formula is C21H31N3O. The summed E-state index contributed by atoms with van der Waals surface area (Å²) in [5, 5.41) is 0. The SMILES string of the molecule is Cc1nc(N)nc(CC(C)(C)CC(C)(C)C)c1OCc1ccccc1. The van der Waals surface area contributed by atoms with Gasteiger partial charge in [0.25, 0.3) is 0 Å². The summed E-state index contributed by atoms with van der Waals surface area (Å²) in [6.45, 7) is 13.8.